The zero-order valence-corrected chi connectivity index (χ0v) is 15.4. The summed E-state index contributed by atoms with van der Waals surface area (Å²) in [6, 6.07) is 14.6. The Hall–Kier alpha value is -2.82. The minimum absolute atomic E-state index is 0.138. The smallest absolute Gasteiger partial charge is 0.244 e. The minimum atomic E-state index is 0.138. The molecule has 0 atom stereocenters. The van der Waals surface area contributed by atoms with Gasteiger partial charge in [-0.25, -0.2) is 0 Å². The van der Waals surface area contributed by atoms with Gasteiger partial charge in [0.25, 0.3) is 0 Å². The van der Waals surface area contributed by atoms with Crippen LogP contribution in [0.15, 0.2) is 48.7 Å². The Morgan fingerprint density at radius 1 is 1.04 bits per heavy atom. The first-order valence-corrected chi connectivity index (χ1v) is 9.12. The average molecular weight is 348 g/mol. The molecule has 0 N–H and O–H groups in total. The summed E-state index contributed by atoms with van der Waals surface area (Å²) in [6.45, 7) is 7.83. The molecule has 4 rings (SSSR count). The second kappa shape index (κ2) is 6.83. The Kier molecular flexibility index (Phi) is 4.37. The Morgan fingerprint density at radius 3 is 2.62 bits per heavy atom. The molecular formula is C21H24N4O. The van der Waals surface area contributed by atoms with Crippen LogP contribution in [0.4, 0.5) is 5.69 Å². The average Bonchev–Trinajstić information content (AvgIpc) is 3.07. The van der Waals surface area contributed by atoms with Gasteiger partial charge in [0, 0.05) is 37.3 Å². The fraction of sp³-hybridized carbons (Fsp3) is 0.333. The molecule has 5 nitrogen and oxygen atoms in total. The molecule has 1 saturated heterocycles. The summed E-state index contributed by atoms with van der Waals surface area (Å²) in [7, 11) is 0. The van der Waals surface area contributed by atoms with E-state index in [1.807, 2.05) is 35.4 Å². The molecular weight excluding hydrogens is 324 g/mol. The van der Waals surface area contributed by atoms with Crippen molar-refractivity contribution >= 4 is 22.5 Å². The van der Waals surface area contributed by atoms with E-state index in [4.69, 9.17) is 0 Å². The van der Waals surface area contributed by atoms with Gasteiger partial charge in [0.1, 0.15) is 6.54 Å². The first-order valence-electron chi connectivity index (χ1n) is 9.12. The number of para-hydroxylation sites is 1. The highest BCUT2D eigenvalue weighted by Gasteiger charge is 2.22. The van der Waals surface area contributed by atoms with Gasteiger partial charge in [0.05, 0.1) is 11.7 Å². The van der Waals surface area contributed by atoms with Crippen LogP contribution in [0.1, 0.15) is 11.1 Å². The third-order valence-corrected chi connectivity index (χ3v) is 5.17. The third-order valence-electron chi connectivity index (χ3n) is 5.17. The number of aryl methyl sites for hydroxylation is 2. The van der Waals surface area contributed by atoms with E-state index in [2.05, 4.69) is 42.0 Å². The monoisotopic (exact) mass is 348 g/mol. The summed E-state index contributed by atoms with van der Waals surface area (Å²) in [6.07, 6.45) is 1.82. The van der Waals surface area contributed by atoms with Crippen molar-refractivity contribution in [2.45, 2.75) is 20.4 Å². The van der Waals surface area contributed by atoms with Crippen LogP contribution in [0.2, 0.25) is 0 Å². The predicted octanol–water partition coefficient (Wildman–Crippen LogP) is 3.00. The fourth-order valence-electron chi connectivity index (χ4n) is 3.64. The molecule has 0 spiro atoms. The summed E-state index contributed by atoms with van der Waals surface area (Å²) in [4.78, 5) is 17.1. The molecule has 0 bridgehead atoms. The number of piperazine rings is 1. The van der Waals surface area contributed by atoms with Crippen molar-refractivity contribution in [2.24, 2.45) is 0 Å². The standard InChI is InChI=1S/C21H24N4O/c1-16-7-8-17(2)20(13-16)23-9-11-24(12-10-23)21(26)15-25-19-6-4-3-5-18(19)14-22-25/h3-8,13-14H,9-12,15H2,1-2H3. The van der Waals surface area contributed by atoms with Crippen LogP contribution in [-0.4, -0.2) is 46.8 Å². The predicted molar refractivity (Wildman–Crippen MR) is 104 cm³/mol. The topological polar surface area (TPSA) is 41.4 Å². The van der Waals surface area contributed by atoms with E-state index in [1.54, 1.807) is 4.68 Å². The summed E-state index contributed by atoms with van der Waals surface area (Å²) in [5.74, 6) is 0.138. The maximum absolute atomic E-state index is 12.7. The number of fused-ring (bicyclic) bond motifs is 1. The van der Waals surface area contributed by atoms with E-state index < -0.39 is 0 Å². The van der Waals surface area contributed by atoms with Crippen LogP contribution in [0.5, 0.6) is 0 Å². The Bertz CT molecular complexity index is 938. The molecule has 1 aliphatic rings. The van der Waals surface area contributed by atoms with E-state index in [1.165, 1.54) is 16.8 Å². The molecule has 0 radical (unpaired) electrons. The molecule has 2 aromatic carbocycles. The second-order valence-electron chi connectivity index (χ2n) is 7.02. The normalized spacial score (nSPS) is 14.8. The van der Waals surface area contributed by atoms with Gasteiger partial charge in [-0.3, -0.25) is 9.48 Å². The van der Waals surface area contributed by atoms with Crippen molar-refractivity contribution in [1.82, 2.24) is 14.7 Å². The number of rotatable bonds is 3. The lowest BCUT2D eigenvalue weighted by Crippen LogP contribution is -2.49. The van der Waals surface area contributed by atoms with Crippen LogP contribution in [-0.2, 0) is 11.3 Å². The first kappa shape index (κ1) is 16.6. The highest BCUT2D eigenvalue weighted by Crippen LogP contribution is 2.23. The van der Waals surface area contributed by atoms with Gasteiger partial charge in [-0.2, -0.15) is 5.10 Å². The molecule has 1 fully saturated rings. The highest BCUT2D eigenvalue weighted by molar-refractivity contribution is 5.82. The van der Waals surface area contributed by atoms with Gasteiger partial charge in [-0.05, 0) is 37.1 Å². The molecule has 0 aliphatic carbocycles. The van der Waals surface area contributed by atoms with Gasteiger partial charge >= 0.3 is 0 Å². The molecule has 26 heavy (non-hydrogen) atoms. The number of carbonyl (C=O) groups is 1. The number of carbonyl (C=O) groups excluding carboxylic acids is 1. The number of benzene rings is 2. The quantitative estimate of drug-likeness (QED) is 0.731. The van der Waals surface area contributed by atoms with Crippen molar-refractivity contribution < 1.29 is 4.79 Å². The Labute approximate surface area is 153 Å². The number of hydrogen-bond acceptors (Lipinski definition) is 3. The molecule has 1 aliphatic heterocycles. The zero-order chi connectivity index (χ0) is 18.1. The second-order valence-corrected chi connectivity index (χ2v) is 7.02. The SMILES string of the molecule is Cc1ccc(C)c(N2CCN(C(=O)Cn3ncc4ccccc43)CC2)c1. The number of nitrogens with zero attached hydrogens (tertiary/aromatic N) is 4. The van der Waals surface area contributed by atoms with E-state index in [0.29, 0.717) is 6.54 Å². The van der Waals surface area contributed by atoms with E-state index in [9.17, 15) is 4.79 Å². The summed E-state index contributed by atoms with van der Waals surface area (Å²) in [5.41, 5.74) is 4.86. The van der Waals surface area contributed by atoms with Gasteiger partial charge in [-0.1, -0.05) is 30.3 Å². The van der Waals surface area contributed by atoms with Gasteiger partial charge < -0.3 is 9.80 Å². The van der Waals surface area contributed by atoms with Crippen molar-refractivity contribution in [2.75, 3.05) is 31.1 Å². The summed E-state index contributed by atoms with van der Waals surface area (Å²) < 4.78 is 1.80. The molecule has 0 unspecified atom stereocenters. The number of hydrogen-bond donors (Lipinski definition) is 0. The van der Waals surface area contributed by atoms with E-state index >= 15 is 0 Å². The molecule has 3 aromatic rings. The van der Waals surface area contributed by atoms with E-state index in [0.717, 1.165) is 37.1 Å². The Morgan fingerprint density at radius 2 is 1.81 bits per heavy atom. The van der Waals surface area contributed by atoms with Gasteiger partial charge in [0.15, 0.2) is 0 Å². The van der Waals surface area contributed by atoms with Crippen LogP contribution >= 0.6 is 0 Å². The molecule has 1 amide bonds. The number of anilines is 1. The molecule has 0 saturated carbocycles. The first-order chi connectivity index (χ1) is 12.6. The fourth-order valence-corrected chi connectivity index (χ4v) is 3.64. The highest BCUT2D eigenvalue weighted by atomic mass is 16.2. The van der Waals surface area contributed by atoms with Crippen molar-refractivity contribution in [3.8, 4) is 0 Å². The lowest BCUT2D eigenvalue weighted by Gasteiger charge is -2.37. The number of amides is 1. The largest absolute Gasteiger partial charge is 0.368 e. The lowest BCUT2D eigenvalue weighted by molar-refractivity contribution is -0.132. The van der Waals surface area contributed by atoms with E-state index in [-0.39, 0.29) is 5.91 Å². The maximum Gasteiger partial charge on any atom is 0.244 e. The maximum atomic E-state index is 12.7. The Balaban J connectivity index is 1.41. The molecule has 1 aromatic heterocycles. The summed E-state index contributed by atoms with van der Waals surface area (Å²) in [5, 5.41) is 5.44. The number of aromatic nitrogens is 2. The zero-order valence-electron chi connectivity index (χ0n) is 15.4. The van der Waals surface area contributed by atoms with Gasteiger partial charge in [-0.15, -0.1) is 0 Å². The molecule has 2 heterocycles. The van der Waals surface area contributed by atoms with Crippen molar-refractivity contribution in [1.29, 1.82) is 0 Å². The van der Waals surface area contributed by atoms with Crippen molar-refractivity contribution in [3.63, 3.8) is 0 Å². The van der Waals surface area contributed by atoms with Crippen LogP contribution < -0.4 is 4.90 Å². The summed E-state index contributed by atoms with van der Waals surface area (Å²) >= 11 is 0. The van der Waals surface area contributed by atoms with Crippen LogP contribution in [0.3, 0.4) is 0 Å². The lowest BCUT2D eigenvalue weighted by atomic mass is 10.1. The van der Waals surface area contributed by atoms with Gasteiger partial charge in [0.2, 0.25) is 5.91 Å². The van der Waals surface area contributed by atoms with Crippen LogP contribution in [0.25, 0.3) is 10.9 Å². The minimum Gasteiger partial charge on any atom is -0.368 e. The van der Waals surface area contributed by atoms with Crippen molar-refractivity contribution in [3.05, 3.63) is 59.8 Å². The third kappa shape index (κ3) is 3.17. The molecule has 134 valence electrons. The van der Waals surface area contributed by atoms with Crippen LogP contribution in [0, 0.1) is 13.8 Å². The molecule has 5 heteroatoms.